The quantitative estimate of drug-likeness (QED) is 0.477. The summed E-state index contributed by atoms with van der Waals surface area (Å²) in [5.41, 5.74) is 1.10. The van der Waals surface area contributed by atoms with Gasteiger partial charge in [0.25, 0.3) is 0 Å². The number of hydrogen-bond acceptors (Lipinski definition) is 6. The highest BCUT2D eigenvalue weighted by molar-refractivity contribution is 9.10. The van der Waals surface area contributed by atoms with Crippen molar-refractivity contribution >= 4 is 43.5 Å². The molecular formula is C26H32BrN3O6S. The largest absolute Gasteiger partial charge is 0.486 e. The molecule has 2 aromatic carbocycles. The van der Waals surface area contributed by atoms with Gasteiger partial charge in [0.05, 0.1) is 11.9 Å². The van der Waals surface area contributed by atoms with Gasteiger partial charge in [-0.15, -0.1) is 0 Å². The number of amides is 2. The van der Waals surface area contributed by atoms with Gasteiger partial charge in [-0.1, -0.05) is 40.9 Å². The van der Waals surface area contributed by atoms with Crippen molar-refractivity contribution in [2.75, 3.05) is 30.3 Å². The molecule has 2 aliphatic rings. The van der Waals surface area contributed by atoms with Crippen LogP contribution in [0.2, 0.25) is 0 Å². The summed E-state index contributed by atoms with van der Waals surface area (Å²) in [5, 5.41) is 3.06. The molecule has 4 rings (SSSR count). The number of rotatable bonds is 9. The standard InChI is InChI=1S/C26H32BrN3O6S/c1-18(26(32)28-21-8-3-4-9-21)29(16-19-6-5-7-20(27)14-19)25(31)17-30(37(2,33)34)22-10-11-23-24(15-22)36-13-12-35-23/h5-7,10-11,14-15,18,21H,3-4,8-9,12-13,16-17H2,1-2H3,(H,28,32). The number of nitrogens with zero attached hydrogens (tertiary/aromatic N) is 2. The fourth-order valence-corrected chi connectivity index (χ4v) is 5.90. The molecule has 37 heavy (non-hydrogen) atoms. The first kappa shape index (κ1) is 27.3. The number of carbonyl (C=O) groups is 2. The number of anilines is 1. The van der Waals surface area contributed by atoms with Crippen LogP contribution in [0.1, 0.15) is 38.2 Å². The molecule has 1 heterocycles. The van der Waals surface area contributed by atoms with Gasteiger partial charge >= 0.3 is 0 Å². The van der Waals surface area contributed by atoms with E-state index in [0.29, 0.717) is 24.7 Å². The van der Waals surface area contributed by atoms with Gasteiger partial charge in [-0.25, -0.2) is 8.42 Å². The molecule has 0 saturated heterocycles. The predicted molar refractivity (Wildman–Crippen MR) is 144 cm³/mol. The van der Waals surface area contributed by atoms with Crippen LogP contribution < -0.4 is 19.1 Å². The Kier molecular flexibility index (Phi) is 8.63. The highest BCUT2D eigenvalue weighted by Crippen LogP contribution is 2.34. The third-order valence-corrected chi connectivity index (χ3v) is 8.24. The van der Waals surface area contributed by atoms with E-state index >= 15 is 0 Å². The Balaban J connectivity index is 1.60. The van der Waals surface area contributed by atoms with Crippen LogP contribution in [0.15, 0.2) is 46.9 Å². The number of halogens is 1. The lowest BCUT2D eigenvalue weighted by molar-refractivity contribution is -0.139. The fourth-order valence-electron chi connectivity index (χ4n) is 4.61. The number of carbonyl (C=O) groups excluding carboxylic acids is 2. The molecule has 1 aliphatic carbocycles. The highest BCUT2D eigenvalue weighted by atomic mass is 79.9. The van der Waals surface area contributed by atoms with E-state index < -0.39 is 28.5 Å². The second-order valence-corrected chi connectivity index (χ2v) is 12.2. The lowest BCUT2D eigenvalue weighted by Crippen LogP contribution is -2.52. The summed E-state index contributed by atoms with van der Waals surface area (Å²) in [6.07, 6.45) is 5.03. The molecule has 1 fully saturated rings. The van der Waals surface area contributed by atoms with E-state index in [1.54, 1.807) is 25.1 Å². The predicted octanol–water partition coefficient (Wildman–Crippen LogP) is 3.46. The first-order valence-corrected chi connectivity index (χ1v) is 15.0. The molecule has 1 atom stereocenters. The summed E-state index contributed by atoms with van der Waals surface area (Å²) in [4.78, 5) is 28.3. The van der Waals surface area contributed by atoms with Gasteiger partial charge in [-0.05, 0) is 49.6 Å². The van der Waals surface area contributed by atoms with Crippen LogP contribution in [-0.2, 0) is 26.2 Å². The molecule has 200 valence electrons. The summed E-state index contributed by atoms with van der Waals surface area (Å²) in [5.74, 6) is 0.193. The van der Waals surface area contributed by atoms with E-state index in [1.165, 1.54) is 4.90 Å². The average Bonchev–Trinajstić information content (AvgIpc) is 3.37. The molecule has 0 aromatic heterocycles. The lowest BCUT2D eigenvalue weighted by Gasteiger charge is -2.32. The molecule has 1 saturated carbocycles. The lowest BCUT2D eigenvalue weighted by atomic mass is 10.1. The molecule has 1 N–H and O–H groups in total. The van der Waals surface area contributed by atoms with Gasteiger partial charge in [0.2, 0.25) is 21.8 Å². The van der Waals surface area contributed by atoms with E-state index in [-0.39, 0.29) is 24.2 Å². The van der Waals surface area contributed by atoms with E-state index in [0.717, 1.165) is 46.3 Å². The third kappa shape index (κ3) is 6.95. The Morgan fingerprint density at radius 3 is 2.46 bits per heavy atom. The van der Waals surface area contributed by atoms with Gasteiger partial charge in [0.15, 0.2) is 11.5 Å². The molecule has 2 aromatic rings. The molecule has 1 unspecified atom stereocenters. The summed E-state index contributed by atoms with van der Waals surface area (Å²) in [6.45, 7) is 2.12. The Bertz CT molecular complexity index is 1250. The van der Waals surface area contributed by atoms with E-state index in [4.69, 9.17) is 9.47 Å². The summed E-state index contributed by atoms with van der Waals surface area (Å²) < 4.78 is 38.6. The van der Waals surface area contributed by atoms with Crippen LogP contribution >= 0.6 is 15.9 Å². The Labute approximate surface area is 226 Å². The van der Waals surface area contributed by atoms with Crippen LogP contribution in [0.3, 0.4) is 0 Å². The zero-order valence-corrected chi connectivity index (χ0v) is 23.4. The van der Waals surface area contributed by atoms with E-state index in [2.05, 4.69) is 21.2 Å². The van der Waals surface area contributed by atoms with Gasteiger partial charge in [0, 0.05) is 23.1 Å². The number of fused-ring (bicyclic) bond motifs is 1. The second kappa shape index (κ2) is 11.7. The van der Waals surface area contributed by atoms with Crippen molar-refractivity contribution in [2.45, 2.75) is 51.2 Å². The SMILES string of the molecule is CC(C(=O)NC1CCCC1)N(Cc1cccc(Br)c1)C(=O)CN(c1ccc2c(c1)OCCO2)S(C)(=O)=O. The zero-order chi connectivity index (χ0) is 26.6. The molecular weight excluding hydrogens is 562 g/mol. The van der Waals surface area contributed by atoms with Gasteiger partial charge in [-0.2, -0.15) is 0 Å². The number of benzene rings is 2. The first-order chi connectivity index (χ1) is 17.6. The topological polar surface area (TPSA) is 105 Å². The number of sulfonamides is 1. The number of nitrogens with one attached hydrogen (secondary N) is 1. The van der Waals surface area contributed by atoms with Crippen molar-refractivity contribution in [3.63, 3.8) is 0 Å². The second-order valence-electron chi connectivity index (χ2n) is 9.42. The minimum atomic E-state index is -3.84. The molecule has 1 aliphatic heterocycles. The van der Waals surface area contributed by atoms with Crippen LogP contribution in [0, 0.1) is 0 Å². The Hall–Kier alpha value is -2.79. The van der Waals surface area contributed by atoms with E-state index in [1.807, 2.05) is 24.3 Å². The number of hydrogen-bond donors (Lipinski definition) is 1. The van der Waals surface area contributed by atoms with Crippen molar-refractivity contribution in [3.05, 3.63) is 52.5 Å². The molecule has 0 radical (unpaired) electrons. The summed E-state index contributed by atoms with van der Waals surface area (Å²) in [7, 11) is -3.84. The maximum atomic E-state index is 13.7. The fraction of sp³-hybridized carbons (Fsp3) is 0.462. The Morgan fingerprint density at radius 1 is 1.08 bits per heavy atom. The van der Waals surface area contributed by atoms with Gasteiger partial charge < -0.3 is 19.7 Å². The third-order valence-electron chi connectivity index (χ3n) is 6.60. The zero-order valence-electron chi connectivity index (χ0n) is 21.0. The van der Waals surface area contributed by atoms with Gasteiger partial charge in [-0.3, -0.25) is 13.9 Å². The molecule has 9 nitrogen and oxygen atoms in total. The van der Waals surface area contributed by atoms with E-state index in [9.17, 15) is 18.0 Å². The van der Waals surface area contributed by atoms with Gasteiger partial charge in [0.1, 0.15) is 25.8 Å². The van der Waals surface area contributed by atoms with Crippen molar-refractivity contribution in [1.82, 2.24) is 10.2 Å². The van der Waals surface area contributed by atoms with Crippen molar-refractivity contribution in [1.29, 1.82) is 0 Å². The monoisotopic (exact) mass is 593 g/mol. The first-order valence-electron chi connectivity index (χ1n) is 12.3. The van der Waals surface area contributed by atoms with Crippen LogP contribution in [0.25, 0.3) is 0 Å². The minimum Gasteiger partial charge on any atom is -0.486 e. The maximum absolute atomic E-state index is 13.7. The normalized spacial score (nSPS) is 16.2. The summed E-state index contributed by atoms with van der Waals surface area (Å²) >= 11 is 3.45. The number of ether oxygens (including phenoxy) is 2. The summed E-state index contributed by atoms with van der Waals surface area (Å²) in [6, 6.07) is 11.5. The molecule has 2 amide bonds. The maximum Gasteiger partial charge on any atom is 0.244 e. The van der Waals surface area contributed by atoms with Crippen LogP contribution in [0.4, 0.5) is 5.69 Å². The Morgan fingerprint density at radius 2 is 1.78 bits per heavy atom. The van der Waals surface area contributed by atoms with Crippen molar-refractivity contribution in [3.8, 4) is 11.5 Å². The minimum absolute atomic E-state index is 0.100. The average molecular weight is 595 g/mol. The van der Waals surface area contributed by atoms with Crippen LogP contribution in [-0.4, -0.2) is 63.2 Å². The molecule has 11 heteroatoms. The highest BCUT2D eigenvalue weighted by Gasteiger charge is 2.32. The smallest absolute Gasteiger partial charge is 0.244 e. The van der Waals surface area contributed by atoms with Crippen molar-refractivity contribution < 1.29 is 27.5 Å². The molecule has 0 bridgehead atoms. The van der Waals surface area contributed by atoms with Crippen molar-refractivity contribution in [2.24, 2.45) is 0 Å². The molecule has 0 spiro atoms. The van der Waals surface area contributed by atoms with Crippen LogP contribution in [0.5, 0.6) is 11.5 Å².